The van der Waals surface area contributed by atoms with Gasteiger partial charge in [0.25, 0.3) is 0 Å². The molecule has 0 atom stereocenters. The Hall–Kier alpha value is -2.26. The van der Waals surface area contributed by atoms with Gasteiger partial charge in [-0.1, -0.05) is 12.1 Å². The Morgan fingerprint density at radius 1 is 1.47 bits per heavy atom. The number of H-pyrrole nitrogens is 1. The molecule has 0 aliphatic heterocycles. The molecule has 0 saturated carbocycles. The highest BCUT2D eigenvalue weighted by Gasteiger charge is 2.03. The van der Waals surface area contributed by atoms with E-state index in [0.717, 1.165) is 11.4 Å². The first-order chi connectivity index (χ1) is 7.29. The number of aliphatic imine (C=N–C) groups is 1. The van der Waals surface area contributed by atoms with Gasteiger partial charge < -0.3 is 0 Å². The molecule has 2 aromatic rings. The summed E-state index contributed by atoms with van der Waals surface area (Å²) in [5.74, 6) is 1.34. The maximum absolute atomic E-state index is 10.1. The molecule has 2 rings (SSSR count). The number of aryl methyl sites for hydroxylation is 1. The SMILES string of the molecule is Cc1nc(-c2cccc(N=C=O)c2)n[nH]1. The van der Waals surface area contributed by atoms with Crippen LogP contribution in [-0.4, -0.2) is 21.3 Å². The van der Waals surface area contributed by atoms with Crippen LogP contribution in [-0.2, 0) is 4.79 Å². The van der Waals surface area contributed by atoms with Gasteiger partial charge in [-0.05, 0) is 19.1 Å². The number of carbonyl (C=O) groups excluding carboxylic acids is 1. The Balaban J connectivity index is 2.44. The van der Waals surface area contributed by atoms with Crippen molar-refractivity contribution in [2.24, 2.45) is 4.99 Å². The van der Waals surface area contributed by atoms with E-state index in [2.05, 4.69) is 20.2 Å². The number of rotatable bonds is 2. The minimum absolute atomic E-state index is 0.546. The highest BCUT2D eigenvalue weighted by molar-refractivity contribution is 5.62. The summed E-state index contributed by atoms with van der Waals surface area (Å²) in [6.07, 6.45) is 1.49. The topological polar surface area (TPSA) is 71.0 Å². The van der Waals surface area contributed by atoms with E-state index in [0.29, 0.717) is 11.5 Å². The zero-order valence-electron chi connectivity index (χ0n) is 8.06. The average Bonchev–Trinajstić information content (AvgIpc) is 2.66. The number of hydrogen-bond acceptors (Lipinski definition) is 4. The molecule has 0 aliphatic rings. The molecule has 15 heavy (non-hydrogen) atoms. The molecule has 0 amide bonds. The number of nitrogens with one attached hydrogen (secondary N) is 1. The maximum atomic E-state index is 10.1. The lowest BCUT2D eigenvalue weighted by Crippen LogP contribution is -1.79. The summed E-state index contributed by atoms with van der Waals surface area (Å²) in [6.45, 7) is 1.82. The van der Waals surface area contributed by atoms with Crippen molar-refractivity contribution in [3.05, 3.63) is 30.1 Å². The smallest absolute Gasteiger partial charge is 0.240 e. The number of benzene rings is 1. The Bertz CT molecular complexity index is 526. The first kappa shape index (κ1) is 9.30. The Morgan fingerprint density at radius 3 is 3.00 bits per heavy atom. The third-order valence-electron chi connectivity index (χ3n) is 1.88. The van der Waals surface area contributed by atoms with Gasteiger partial charge in [-0.2, -0.15) is 10.1 Å². The molecule has 1 heterocycles. The highest BCUT2D eigenvalue weighted by atomic mass is 16.1. The van der Waals surface area contributed by atoms with Crippen molar-refractivity contribution in [2.45, 2.75) is 6.92 Å². The summed E-state index contributed by atoms with van der Waals surface area (Å²) < 4.78 is 0. The summed E-state index contributed by atoms with van der Waals surface area (Å²) in [5, 5.41) is 6.76. The monoisotopic (exact) mass is 200 g/mol. The predicted molar refractivity (Wildman–Crippen MR) is 54.3 cm³/mol. The van der Waals surface area contributed by atoms with E-state index in [-0.39, 0.29) is 0 Å². The summed E-state index contributed by atoms with van der Waals surface area (Å²) in [7, 11) is 0. The van der Waals surface area contributed by atoms with E-state index in [1.54, 1.807) is 18.2 Å². The Kier molecular flexibility index (Phi) is 2.39. The molecular weight excluding hydrogens is 192 g/mol. The van der Waals surface area contributed by atoms with Gasteiger partial charge in [0.1, 0.15) is 5.82 Å². The maximum Gasteiger partial charge on any atom is 0.240 e. The van der Waals surface area contributed by atoms with Crippen molar-refractivity contribution < 1.29 is 4.79 Å². The largest absolute Gasteiger partial charge is 0.263 e. The number of nitrogens with zero attached hydrogens (tertiary/aromatic N) is 3. The van der Waals surface area contributed by atoms with E-state index in [1.165, 1.54) is 6.08 Å². The minimum atomic E-state index is 0.546. The molecule has 1 aromatic carbocycles. The van der Waals surface area contributed by atoms with Crippen LogP contribution >= 0.6 is 0 Å². The van der Waals surface area contributed by atoms with Crippen LogP contribution in [0.2, 0.25) is 0 Å². The lowest BCUT2D eigenvalue weighted by atomic mass is 10.2. The van der Waals surface area contributed by atoms with Crippen molar-refractivity contribution in [1.82, 2.24) is 15.2 Å². The van der Waals surface area contributed by atoms with Gasteiger partial charge in [-0.3, -0.25) is 5.10 Å². The van der Waals surface area contributed by atoms with Gasteiger partial charge in [-0.25, -0.2) is 9.78 Å². The molecular formula is C10H8N4O. The van der Waals surface area contributed by atoms with Crippen molar-refractivity contribution in [3.63, 3.8) is 0 Å². The quantitative estimate of drug-likeness (QED) is 0.593. The summed E-state index contributed by atoms with van der Waals surface area (Å²) >= 11 is 0. The third kappa shape index (κ3) is 1.98. The molecule has 1 N–H and O–H groups in total. The number of aromatic nitrogens is 3. The molecule has 0 bridgehead atoms. The van der Waals surface area contributed by atoms with Gasteiger partial charge in [-0.15, -0.1) is 0 Å². The zero-order valence-corrected chi connectivity index (χ0v) is 8.06. The van der Waals surface area contributed by atoms with Gasteiger partial charge in [0.2, 0.25) is 6.08 Å². The third-order valence-corrected chi connectivity index (χ3v) is 1.88. The van der Waals surface area contributed by atoms with E-state index in [9.17, 15) is 4.79 Å². The molecule has 0 unspecified atom stereocenters. The molecule has 5 heteroatoms. The van der Waals surface area contributed by atoms with Crippen LogP contribution in [0.5, 0.6) is 0 Å². The van der Waals surface area contributed by atoms with E-state index in [4.69, 9.17) is 0 Å². The van der Waals surface area contributed by atoms with Crippen molar-refractivity contribution in [3.8, 4) is 11.4 Å². The van der Waals surface area contributed by atoms with Crippen LogP contribution in [0, 0.1) is 6.92 Å². The number of hydrogen-bond donors (Lipinski definition) is 1. The van der Waals surface area contributed by atoms with E-state index in [1.807, 2.05) is 13.0 Å². The van der Waals surface area contributed by atoms with Crippen LogP contribution < -0.4 is 0 Å². The minimum Gasteiger partial charge on any atom is -0.263 e. The predicted octanol–water partition coefficient (Wildman–Crippen LogP) is 1.75. The molecule has 0 fully saturated rings. The molecule has 5 nitrogen and oxygen atoms in total. The summed E-state index contributed by atoms with van der Waals surface area (Å²) in [6, 6.07) is 7.09. The van der Waals surface area contributed by atoms with Gasteiger partial charge in [0.05, 0.1) is 5.69 Å². The highest BCUT2D eigenvalue weighted by Crippen LogP contribution is 2.20. The first-order valence-corrected chi connectivity index (χ1v) is 4.37. The second-order valence-electron chi connectivity index (χ2n) is 3.00. The fourth-order valence-electron chi connectivity index (χ4n) is 1.24. The zero-order chi connectivity index (χ0) is 10.7. The first-order valence-electron chi connectivity index (χ1n) is 4.37. The normalized spacial score (nSPS) is 9.67. The number of aromatic amines is 1. The van der Waals surface area contributed by atoms with Crippen LogP contribution in [0.15, 0.2) is 29.3 Å². The molecule has 0 saturated heterocycles. The summed E-state index contributed by atoms with van der Waals surface area (Å²) in [5.41, 5.74) is 1.36. The lowest BCUT2D eigenvalue weighted by Gasteiger charge is -1.95. The van der Waals surface area contributed by atoms with Crippen LogP contribution in [0.3, 0.4) is 0 Å². The van der Waals surface area contributed by atoms with Crippen LogP contribution in [0.4, 0.5) is 5.69 Å². The fraction of sp³-hybridized carbons (Fsp3) is 0.100. The lowest BCUT2D eigenvalue weighted by molar-refractivity contribution is 0.565. The van der Waals surface area contributed by atoms with Crippen LogP contribution in [0.25, 0.3) is 11.4 Å². The van der Waals surface area contributed by atoms with Crippen molar-refractivity contribution in [2.75, 3.05) is 0 Å². The molecule has 0 aliphatic carbocycles. The van der Waals surface area contributed by atoms with Gasteiger partial charge in [0.15, 0.2) is 5.82 Å². The Labute approximate surface area is 85.9 Å². The van der Waals surface area contributed by atoms with Gasteiger partial charge >= 0.3 is 0 Å². The van der Waals surface area contributed by atoms with Crippen molar-refractivity contribution in [1.29, 1.82) is 0 Å². The number of isocyanates is 1. The van der Waals surface area contributed by atoms with Gasteiger partial charge in [0, 0.05) is 5.56 Å². The molecule has 0 radical (unpaired) electrons. The second-order valence-corrected chi connectivity index (χ2v) is 3.00. The van der Waals surface area contributed by atoms with E-state index < -0.39 is 0 Å². The average molecular weight is 200 g/mol. The fourth-order valence-corrected chi connectivity index (χ4v) is 1.24. The summed E-state index contributed by atoms with van der Waals surface area (Å²) in [4.78, 5) is 17.8. The van der Waals surface area contributed by atoms with Crippen molar-refractivity contribution >= 4 is 11.8 Å². The van der Waals surface area contributed by atoms with Crippen LogP contribution in [0.1, 0.15) is 5.82 Å². The molecule has 1 aromatic heterocycles. The molecule has 0 spiro atoms. The Morgan fingerprint density at radius 2 is 2.33 bits per heavy atom. The second kappa shape index (κ2) is 3.86. The standard InChI is InChI=1S/C10H8N4O/c1-7-12-10(14-13-7)8-3-2-4-9(5-8)11-6-15/h2-5H,1H3,(H,12,13,14). The van der Waals surface area contributed by atoms with E-state index >= 15 is 0 Å². The molecule has 74 valence electrons.